The Hall–Kier alpha value is -2.70. The number of nitrogens with one attached hydrogen (secondary N) is 1. The van der Waals surface area contributed by atoms with E-state index in [1.807, 2.05) is 24.3 Å². The van der Waals surface area contributed by atoms with Crippen LogP contribution in [0.15, 0.2) is 54.6 Å². The zero-order chi connectivity index (χ0) is 24.0. The molecule has 3 aromatic rings. The number of carbonyl (C=O) groups is 1. The van der Waals surface area contributed by atoms with Crippen molar-refractivity contribution in [1.29, 1.82) is 0 Å². The van der Waals surface area contributed by atoms with Crippen molar-refractivity contribution in [3.8, 4) is 0 Å². The van der Waals surface area contributed by atoms with Gasteiger partial charge in [0, 0.05) is 50.7 Å². The van der Waals surface area contributed by atoms with Gasteiger partial charge in [-0.1, -0.05) is 49.2 Å². The lowest BCUT2D eigenvalue weighted by Crippen LogP contribution is -2.49. The highest BCUT2D eigenvalue weighted by Gasteiger charge is 2.29. The van der Waals surface area contributed by atoms with Gasteiger partial charge < -0.3 is 10.2 Å². The summed E-state index contributed by atoms with van der Waals surface area (Å²) in [6.07, 6.45) is 8.69. The Morgan fingerprint density at radius 1 is 1.03 bits per heavy atom. The third-order valence-electron chi connectivity index (χ3n) is 7.73. The van der Waals surface area contributed by atoms with Gasteiger partial charge in [0.1, 0.15) is 5.82 Å². The van der Waals surface area contributed by atoms with Crippen LogP contribution in [-0.2, 0) is 4.79 Å². The van der Waals surface area contributed by atoms with E-state index in [-0.39, 0.29) is 5.91 Å². The first kappa shape index (κ1) is 24.0. The number of hydrogen-bond donors (Lipinski definition) is 1. The lowest BCUT2D eigenvalue weighted by atomic mass is 9.78. The van der Waals surface area contributed by atoms with Crippen LogP contribution in [0.5, 0.6) is 0 Å². The van der Waals surface area contributed by atoms with Crippen LogP contribution in [0.3, 0.4) is 0 Å². The van der Waals surface area contributed by atoms with Crippen molar-refractivity contribution in [1.82, 2.24) is 14.6 Å². The van der Waals surface area contributed by atoms with Crippen LogP contribution in [0.25, 0.3) is 16.2 Å². The van der Waals surface area contributed by atoms with Gasteiger partial charge in [-0.3, -0.25) is 9.69 Å². The van der Waals surface area contributed by atoms with Crippen LogP contribution in [-0.4, -0.2) is 54.4 Å². The Kier molecular flexibility index (Phi) is 7.79. The SMILES string of the molecule is Cc1ccccc1C=CC(=O)NC[C@H]1CCCC[C@H]1CN1CCN(c2nsc3ccccc23)CC1. The molecule has 184 valence electrons. The Bertz CT molecular complexity index is 1160. The molecule has 2 aromatic carbocycles. The largest absolute Gasteiger partial charge is 0.353 e. The molecule has 0 bridgehead atoms. The lowest BCUT2D eigenvalue weighted by molar-refractivity contribution is -0.116. The van der Waals surface area contributed by atoms with E-state index in [1.54, 1.807) is 17.6 Å². The van der Waals surface area contributed by atoms with Gasteiger partial charge in [0.05, 0.1) is 4.70 Å². The van der Waals surface area contributed by atoms with E-state index in [0.717, 1.165) is 50.6 Å². The van der Waals surface area contributed by atoms with E-state index >= 15 is 0 Å². The van der Waals surface area contributed by atoms with Crippen molar-refractivity contribution in [3.63, 3.8) is 0 Å². The topological polar surface area (TPSA) is 48.5 Å². The van der Waals surface area contributed by atoms with Crippen LogP contribution < -0.4 is 10.2 Å². The maximum Gasteiger partial charge on any atom is 0.244 e. The standard InChI is InChI=1S/C29H36N4OS/c1-22-8-2-3-9-23(22)14-15-28(34)30-20-24-10-4-5-11-25(24)21-32-16-18-33(19-17-32)29-26-12-6-7-13-27(26)35-31-29/h2-3,6-9,12-15,24-25H,4-5,10-11,16-21H2,1H3,(H,30,34)/t24-,25+/m1/s1. The van der Waals surface area contributed by atoms with Crippen LogP contribution in [0.2, 0.25) is 0 Å². The van der Waals surface area contributed by atoms with Gasteiger partial charge in [0.2, 0.25) is 5.91 Å². The molecule has 1 saturated carbocycles. The number of amides is 1. The summed E-state index contributed by atoms with van der Waals surface area (Å²) < 4.78 is 6.02. The molecule has 1 aliphatic heterocycles. The summed E-state index contributed by atoms with van der Waals surface area (Å²) in [7, 11) is 0. The Balaban J connectivity index is 1.11. The first-order valence-corrected chi connectivity index (χ1v) is 13.8. The first-order valence-electron chi connectivity index (χ1n) is 13.0. The van der Waals surface area contributed by atoms with Crippen molar-refractivity contribution in [2.45, 2.75) is 32.6 Å². The highest BCUT2D eigenvalue weighted by Crippen LogP contribution is 2.32. The number of hydrogen-bond acceptors (Lipinski definition) is 5. The first-order chi connectivity index (χ1) is 17.2. The van der Waals surface area contributed by atoms with Crippen LogP contribution in [0.4, 0.5) is 5.82 Å². The van der Waals surface area contributed by atoms with Gasteiger partial charge in [-0.25, -0.2) is 0 Å². The second kappa shape index (κ2) is 11.4. The van der Waals surface area contributed by atoms with Crippen molar-refractivity contribution in [3.05, 3.63) is 65.7 Å². The Morgan fingerprint density at radius 3 is 2.60 bits per heavy atom. The van der Waals surface area contributed by atoms with E-state index in [4.69, 9.17) is 4.37 Å². The molecule has 2 fully saturated rings. The normalized spacial score (nSPS) is 21.6. The number of anilines is 1. The van der Waals surface area contributed by atoms with Gasteiger partial charge in [-0.2, -0.15) is 4.37 Å². The van der Waals surface area contributed by atoms with E-state index in [0.29, 0.717) is 11.8 Å². The summed E-state index contributed by atoms with van der Waals surface area (Å²) in [5.74, 6) is 2.40. The number of piperazine rings is 1. The zero-order valence-corrected chi connectivity index (χ0v) is 21.5. The fourth-order valence-corrected chi connectivity index (χ4v) is 6.39. The predicted octanol–water partition coefficient (Wildman–Crippen LogP) is 5.36. The van der Waals surface area contributed by atoms with Crippen molar-refractivity contribution < 1.29 is 4.79 Å². The minimum Gasteiger partial charge on any atom is -0.353 e. The average molecular weight is 489 g/mol. The maximum absolute atomic E-state index is 12.5. The molecular formula is C29H36N4OS. The summed E-state index contributed by atoms with van der Waals surface area (Å²) in [5, 5.41) is 4.48. The molecule has 2 atom stereocenters. The molecule has 35 heavy (non-hydrogen) atoms. The number of fused-ring (bicyclic) bond motifs is 1. The van der Waals surface area contributed by atoms with E-state index in [1.165, 1.54) is 41.3 Å². The minimum atomic E-state index is 0.0154. The highest BCUT2D eigenvalue weighted by atomic mass is 32.1. The van der Waals surface area contributed by atoms with Crippen LogP contribution in [0, 0.1) is 18.8 Å². The lowest BCUT2D eigenvalue weighted by Gasteiger charge is -2.40. The summed E-state index contributed by atoms with van der Waals surface area (Å²) in [5.41, 5.74) is 2.29. The van der Waals surface area contributed by atoms with Crippen molar-refractivity contribution in [2.75, 3.05) is 44.2 Å². The second-order valence-corrected chi connectivity index (χ2v) is 10.8. The molecule has 0 radical (unpaired) electrons. The number of benzene rings is 2. The maximum atomic E-state index is 12.5. The predicted molar refractivity (Wildman–Crippen MR) is 147 cm³/mol. The van der Waals surface area contributed by atoms with Crippen molar-refractivity contribution in [2.24, 2.45) is 11.8 Å². The second-order valence-electron chi connectivity index (χ2n) is 10.0. The van der Waals surface area contributed by atoms with Gasteiger partial charge in [-0.15, -0.1) is 0 Å². The molecule has 1 saturated heterocycles. The fraction of sp³-hybridized carbons (Fsp3) is 0.448. The third-order valence-corrected chi connectivity index (χ3v) is 8.55. The summed E-state index contributed by atoms with van der Waals surface area (Å²) in [6, 6.07) is 16.7. The molecule has 2 aliphatic rings. The number of carbonyl (C=O) groups excluding carboxylic acids is 1. The monoisotopic (exact) mass is 488 g/mol. The number of rotatable bonds is 7. The van der Waals surface area contributed by atoms with Crippen LogP contribution >= 0.6 is 11.5 Å². The number of aromatic nitrogens is 1. The quantitative estimate of drug-likeness (QED) is 0.455. The molecule has 1 amide bonds. The minimum absolute atomic E-state index is 0.0154. The molecule has 0 spiro atoms. The Morgan fingerprint density at radius 2 is 1.77 bits per heavy atom. The van der Waals surface area contributed by atoms with Gasteiger partial charge in [0.25, 0.3) is 0 Å². The molecule has 5 rings (SSSR count). The average Bonchev–Trinajstić information content (AvgIpc) is 3.32. The number of aryl methyl sites for hydroxylation is 1. The van der Waals surface area contributed by atoms with Gasteiger partial charge >= 0.3 is 0 Å². The van der Waals surface area contributed by atoms with E-state index in [2.05, 4.69) is 52.4 Å². The highest BCUT2D eigenvalue weighted by molar-refractivity contribution is 7.13. The molecule has 1 aliphatic carbocycles. The van der Waals surface area contributed by atoms with E-state index in [9.17, 15) is 4.79 Å². The van der Waals surface area contributed by atoms with Crippen molar-refractivity contribution >= 4 is 39.4 Å². The smallest absolute Gasteiger partial charge is 0.244 e. The molecule has 1 N–H and O–H groups in total. The molecule has 1 aromatic heterocycles. The third kappa shape index (κ3) is 5.93. The molecule has 2 heterocycles. The summed E-state index contributed by atoms with van der Waals surface area (Å²) in [6.45, 7) is 8.24. The zero-order valence-electron chi connectivity index (χ0n) is 20.7. The van der Waals surface area contributed by atoms with Crippen LogP contribution in [0.1, 0.15) is 36.8 Å². The molecular weight excluding hydrogens is 452 g/mol. The Labute approximate surface area is 213 Å². The van der Waals surface area contributed by atoms with Gasteiger partial charge in [0.15, 0.2) is 0 Å². The molecule has 5 nitrogen and oxygen atoms in total. The number of nitrogens with zero attached hydrogens (tertiary/aromatic N) is 3. The fourth-order valence-electron chi connectivity index (χ4n) is 5.60. The summed E-state index contributed by atoms with van der Waals surface area (Å²) in [4.78, 5) is 17.6. The molecule has 6 heteroatoms. The van der Waals surface area contributed by atoms with Gasteiger partial charge in [-0.05, 0) is 72.5 Å². The molecule has 0 unspecified atom stereocenters. The summed E-state index contributed by atoms with van der Waals surface area (Å²) >= 11 is 1.60. The van der Waals surface area contributed by atoms with E-state index < -0.39 is 0 Å².